The number of halogens is 2. The molecule has 2 nitrogen and oxygen atoms in total. The van der Waals surface area contributed by atoms with Crippen molar-refractivity contribution in [3.63, 3.8) is 0 Å². The van der Waals surface area contributed by atoms with Crippen LogP contribution in [0.3, 0.4) is 0 Å². The molecule has 126 valence electrons. The molecule has 2 aromatic carbocycles. The molecule has 0 aromatic heterocycles. The quantitative estimate of drug-likeness (QED) is 0.388. The molecule has 0 radical (unpaired) electrons. The highest BCUT2D eigenvalue weighted by Crippen LogP contribution is 2.36. The first-order valence-electron chi connectivity index (χ1n) is 8.17. The molecule has 0 N–H and O–H groups in total. The van der Waals surface area contributed by atoms with E-state index in [0.29, 0.717) is 25.0 Å². The molecule has 23 heavy (non-hydrogen) atoms. The van der Waals surface area contributed by atoms with Crippen molar-refractivity contribution in [1.29, 1.82) is 0 Å². The highest BCUT2D eigenvalue weighted by Gasteiger charge is 2.11. The monoisotopic (exact) mass is 354 g/mol. The van der Waals surface area contributed by atoms with E-state index in [1.54, 1.807) is 0 Å². The maximum atomic E-state index is 6.02. The zero-order chi connectivity index (χ0) is 16.5. The molecule has 0 unspecified atom stereocenters. The molecule has 0 saturated carbocycles. The van der Waals surface area contributed by atoms with Crippen LogP contribution in [0.15, 0.2) is 30.3 Å². The van der Waals surface area contributed by atoms with Gasteiger partial charge in [-0.2, -0.15) is 0 Å². The highest BCUT2D eigenvalue weighted by atomic mass is 35.5. The normalized spacial score (nSPS) is 10.9. The molecule has 0 aliphatic heterocycles. The average molecular weight is 355 g/mol. The first-order valence-corrected chi connectivity index (χ1v) is 9.24. The fraction of sp³-hybridized carbons (Fsp3) is 0.474. The lowest BCUT2D eigenvalue weighted by atomic mass is 10.0. The van der Waals surface area contributed by atoms with Crippen molar-refractivity contribution in [2.24, 2.45) is 0 Å². The third-order valence-corrected chi connectivity index (χ3v) is 4.24. The Bertz CT molecular complexity index is 614. The van der Waals surface area contributed by atoms with E-state index in [2.05, 4.69) is 25.1 Å². The third kappa shape index (κ3) is 5.19. The summed E-state index contributed by atoms with van der Waals surface area (Å²) in [5.41, 5.74) is 1.10. The summed E-state index contributed by atoms with van der Waals surface area (Å²) in [6.07, 6.45) is 3.88. The minimum absolute atomic E-state index is 0.679. The number of benzene rings is 2. The molecule has 0 amide bonds. The van der Waals surface area contributed by atoms with Gasteiger partial charge in [0.15, 0.2) is 0 Å². The summed E-state index contributed by atoms with van der Waals surface area (Å²) >= 11 is 11.4. The largest absolute Gasteiger partial charge is 0.493 e. The number of ether oxygens (including phenoxy) is 2. The predicted molar refractivity (Wildman–Crippen MR) is 99.6 cm³/mol. The van der Waals surface area contributed by atoms with Crippen LogP contribution in [-0.4, -0.2) is 25.0 Å². The number of unbranched alkanes of at least 4 members (excludes halogenated alkanes) is 2. The SMILES string of the molecule is Cc1cc(OCCCCCl)c2ccccc2c1OCCCCCl. The van der Waals surface area contributed by atoms with Gasteiger partial charge in [-0.15, -0.1) is 23.2 Å². The summed E-state index contributed by atoms with van der Waals surface area (Å²) < 4.78 is 12.0. The molecular weight excluding hydrogens is 331 g/mol. The maximum Gasteiger partial charge on any atom is 0.130 e. The summed E-state index contributed by atoms with van der Waals surface area (Å²) in [5.74, 6) is 3.22. The van der Waals surface area contributed by atoms with E-state index in [0.717, 1.165) is 53.5 Å². The molecule has 4 heteroatoms. The second-order valence-electron chi connectivity index (χ2n) is 5.56. The third-order valence-electron chi connectivity index (χ3n) is 3.70. The predicted octanol–water partition coefficient (Wildman–Crippen LogP) is 5.94. The lowest BCUT2D eigenvalue weighted by Gasteiger charge is -2.16. The van der Waals surface area contributed by atoms with Gasteiger partial charge in [-0.05, 0) is 44.2 Å². The van der Waals surface area contributed by atoms with Crippen LogP contribution in [-0.2, 0) is 0 Å². The zero-order valence-corrected chi connectivity index (χ0v) is 15.1. The van der Waals surface area contributed by atoms with Gasteiger partial charge in [-0.1, -0.05) is 24.3 Å². The lowest BCUT2D eigenvalue weighted by molar-refractivity contribution is 0.305. The van der Waals surface area contributed by atoms with Gasteiger partial charge in [0, 0.05) is 22.5 Å². The number of rotatable bonds is 10. The van der Waals surface area contributed by atoms with Crippen molar-refractivity contribution in [2.75, 3.05) is 25.0 Å². The summed E-state index contributed by atoms with van der Waals surface area (Å²) in [5, 5.41) is 2.20. The molecule has 0 spiro atoms. The van der Waals surface area contributed by atoms with Crippen LogP contribution in [0.2, 0.25) is 0 Å². The topological polar surface area (TPSA) is 18.5 Å². The van der Waals surface area contributed by atoms with Crippen LogP contribution >= 0.6 is 23.2 Å². The van der Waals surface area contributed by atoms with Gasteiger partial charge < -0.3 is 9.47 Å². The van der Waals surface area contributed by atoms with E-state index >= 15 is 0 Å². The van der Waals surface area contributed by atoms with Gasteiger partial charge >= 0.3 is 0 Å². The summed E-state index contributed by atoms with van der Waals surface area (Å²) in [6, 6.07) is 10.3. The fourth-order valence-electron chi connectivity index (χ4n) is 2.51. The summed E-state index contributed by atoms with van der Waals surface area (Å²) in [6.45, 7) is 3.44. The van der Waals surface area contributed by atoms with Gasteiger partial charge in [-0.25, -0.2) is 0 Å². The molecular formula is C19H24Cl2O2. The molecule has 0 aliphatic rings. The minimum Gasteiger partial charge on any atom is -0.493 e. The van der Waals surface area contributed by atoms with Crippen LogP contribution in [0.1, 0.15) is 31.2 Å². The van der Waals surface area contributed by atoms with Crippen LogP contribution in [0.5, 0.6) is 11.5 Å². The average Bonchev–Trinajstić information content (AvgIpc) is 2.57. The Labute approximate surface area is 148 Å². The second kappa shape index (κ2) is 9.89. The first-order chi connectivity index (χ1) is 11.3. The van der Waals surface area contributed by atoms with E-state index in [9.17, 15) is 0 Å². The molecule has 0 aliphatic carbocycles. The summed E-state index contributed by atoms with van der Waals surface area (Å²) in [7, 11) is 0. The Morgan fingerprint density at radius 1 is 0.826 bits per heavy atom. The van der Waals surface area contributed by atoms with E-state index < -0.39 is 0 Å². The van der Waals surface area contributed by atoms with Crippen LogP contribution in [0.25, 0.3) is 10.8 Å². The minimum atomic E-state index is 0.679. The smallest absolute Gasteiger partial charge is 0.130 e. The van der Waals surface area contributed by atoms with Crippen molar-refractivity contribution in [3.05, 3.63) is 35.9 Å². The zero-order valence-electron chi connectivity index (χ0n) is 13.6. The van der Waals surface area contributed by atoms with Crippen molar-refractivity contribution >= 4 is 34.0 Å². The van der Waals surface area contributed by atoms with E-state index in [4.69, 9.17) is 32.7 Å². The van der Waals surface area contributed by atoms with Gasteiger partial charge in [0.05, 0.1) is 13.2 Å². The Morgan fingerprint density at radius 3 is 2.09 bits per heavy atom. The lowest BCUT2D eigenvalue weighted by Crippen LogP contribution is -2.02. The Kier molecular flexibility index (Phi) is 7.84. The van der Waals surface area contributed by atoms with E-state index in [1.807, 2.05) is 12.1 Å². The molecule has 0 fully saturated rings. The first kappa shape index (κ1) is 18.2. The molecule has 0 heterocycles. The standard InChI is InChI=1S/C19H24Cl2O2/c1-15-14-18(22-12-6-4-10-20)16-8-2-3-9-17(16)19(15)23-13-7-5-11-21/h2-3,8-9,14H,4-7,10-13H2,1H3. The van der Waals surface area contributed by atoms with Gasteiger partial charge in [0.25, 0.3) is 0 Å². The second-order valence-corrected chi connectivity index (χ2v) is 6.31. The molecule has 0 atom stereocenters. The molecule has 2 rings (SSSR count). The Hall–Kier alpha value is -1.12. The van der Waals surface area contributed by atoms with Crippen LogP contribution in [0.4, 0.5) is 0 Å². The van der Waals surface area contributed by atoms with Gasteiger partial charge in [0.2, 0.25) is 0 Å². The van der Waals surface area contributed by atoms with Crippen molar-refractivity contribution in [3.8, 4) is 11.5 Å². The van der Waals surface area contributed by atoms with Gasteiger partial charge in [0.1, 0.15) is 11.5 Å². The maximum absolute atomic E-state index is 6.02. The van der Waals surface area contributed by atoms with Gasteiger partial charge in [-0.3, -0.25) is 0 Å². The Balaban J connectivity index is 2.19. The van der Waals surface area contributed by atoms with Crippen LogP contribution in [0, 0.1) is 6.92 Å². The van der Waals surface area contributed by atoms with Crippen LogP contribution < -0.4 is 9.47 Å². The molecule has 0 bridgehead atoms. The number of hydrogen-bond acceptors (Lipinski definition) is 2. The van der Waals surface area contributed by atoms with Crippen molar-refractivity contribution in [1.82, 2.24) is 0 Å². The fourth-order valence-corrected chi connectivity index (χ4v) is 2.89. The summed E-state index contributed by atoms with van der Waals surface area (Å²) in [4.78, 5) is 0. The number of aryl methyl sites for hydroxylation is 1. The highest BCUT2D eigenvalue weighted by molar-refractivity contribution is 6.18. The van der Waals surface area contributed by atoms with Crippen molar-refractivity contribution < 1.29 is 9.47 Å². The molecule has 0 saturated heterocycles. The molecule has 2 aromatic rings. The van der Waals surface area contributed by atoms with E-state index in [1.165, 1.54) is 0 Å². The number of alkyl halides is 2. The number of fused-ring (bicyclic) bond motifs is 1. The number of hydrogen-bond donors (Lipinski definition) is 0. The van der Waals surface area contributed by atoms with Crippen molar-refractivity contribution in [2.45, 2.75) is 32.6 Å². The van der Waals surface area contributed by atoms with E-state index in [-0.39, 0.29) is 0 Å². The Morgan fingerprint density at radius 2 is 1.43 bits per heavy atom.